The van der Waals surface area contributed by atoms with E-state index in [2.05, 4.69) is 39.6 Å². The van der Waals surface area contributed by atoms with Gasteiger partial charge < -0.3 is 24.5 Å². The number of benzene rings is 1. The van der Waals surface area contributed by atoms with Gasteiger partial charge in [0, 0.05) is 32.8 Å². The fourth-order valence-electron chi connectivity index (χ4n) is 2.79. The van der Waals surface area contributed by atoms with E-state index in [1.54, 1.807) is 20.4 Å². The first kappa shape index (κ1) is 21.8. The number of nitrogens with one attached hydrogen (secondary N) is 2. The van der Waals surface area contributed by atoms with E-state index >= 15 is 0 Å². The Labute approximate surface area is 167 Å². The summed E-state index contributed by atoms with van der Waals surface area (Å²) in [7, 11) is 7.49. The highest BCUT2D eigenvalue weighted by Gasteiger charge is 2.17. The molecule has 0 bridgehead atoms. The maximum absolute atomic E-state index is 5.86. The number of likely N-dealkylation sites (N-methyl/N-ethyl adjacent to an activating group) is 1. The Balaban J connectivity index is 1.95. The van der Waals surface area contributed by atoms with Crippen LogP contribution in [0.5, 0.6) is 5.75 Å². The third-order valence-corrected chi connectivity index (χ3v) is 4.40. The minimum atomic E-state index is 0.112. The van der Waals surface area contributed by atoms with Crippen molar-refractivity contribution in [2.24, 2.45) is 4.99 Å². The van der Waals surface area contributed by atoms with E-state index in [4.69, 9.17) is 13.9 Å². The molecule has 0 radical (unpaired) electrons. The van der Waals surface area contributed by atoms with Crippen molar-refractivity contribution in [1.29, 1.82) is 0 Å². The van der Waals surface area contributed by atoms with Crippen molar-refractivity contribution < 1.29 is 13.9 Å². The van der Waals surface area contributed by atoms with Gasteiger partial charge in [0.1, 0.15) is 18.1 Å². The molecule has 1 aromatic heterocycles. The van der Waals surface area contributed by atoms with E-state index in [0.717, 1.165) is 28.6 Å². The van der Waals surface area contributed by atoms with Crippen molar-refractivity contribution in [1.82, 2.24) is 15.5 Å². The van der Waals surface area contributed by atoms with Gasteiger partial charge in [0.2, 0.25) is 0 Å². The lowest BCUT2D eigenvalue weighted by atomic mass is 10.1. The first-order chi connectivity index (χ1) is 13.5. The van der Waals surface area contributed by atoms with Gasteiger partial charge in [-0.05, 0) is 44.8 Å². The summed E-state index contributed by atoms with van der Waals surface area (Å²) in [5, 5.41) is 6.72. The third kappa shape index (κ3) is 6.58. The van der Waals surface area contributed by atoms with Gasteiger partial charge in [-0.25, -0.2) is 0 Å². The van der Waals surface area contributed by atoms with Crippen LogP contribution < -0.4 is 15.4 Å². The number of furan rings is 1. The maximum atomic E-state index is 5.86. The molecule has 0 saturated carbocycles. The minimum absolute atomic E-state index is 0.112. The van der Waals surface area contributed by atoms with Gasteiger partial charge in [0.15, 0.2) is 5.96 Å². The molecule has 0 fully saturated rings. The normalized spacial score (nSPS) is 12.9. The molecule has 2 N–H and O–H groups in total. The molecule has 0 aliphatic rings. The molecule has 1 heterocycles. The van der Waals surface area contributed by atoms with Crippen molar-refractivity contribution in [2.75, 3.05) is 48.0 Å². The van der Waals surface area contributed by atoms with Crippen LogP contribution in [0.15, 0.2) is 46.0 Å². The monoisotopic (exact) mass is 388 g/mol. The van der Waals surface area contributed by atoms with Gasteiger partial charge in [-0.15, -0.1) is 0 Å². The van der Waals surface area contributed by atoms with Crippen molar-refractivity contribution in [3.05, 3.63) is 53.5 Å². The van der Waals surface area contributed by atoms with E-state index in [1.807, 2.05) is 32.3 Å². The third-order valence-electron chi connectivity index (χ3n) is 4.40. The highest BCUT2D eigenvalue weighted by Crippen LogP contribution is 2.20. The van der Waals surface area contributed by atoms with Gasteiger partial charge in [-0.2, -0.15) is 0 Å². The van der Waals surface area contributed by atoms with Crippen LogP contribution in [-0.4, -0.2) is 58.9 Å². The Morgan fingerprint density at radius 1 is 1.21 bits per heavy atom. The average Bonchev–Trinajstić information content (AvgIpc) is 3.20. The Morgan fingerprint density at radius 2 is 2.04 bits per heavy atom. The van der Waals surface area contributed by atoms with E-state index in [9.17, 15) is 0 Å². The number of methoxy groups -OCH3 is 1. The van der Waals surface area contributed by atoms with Crippen molar-refractivity contribution in [3.8, 4) is 5.75 Å². The van der Waals surface area contributed by atoms with Crippen molar-refractivity contribution in [2.45, 2.75) is 19.5 Å². The molecule has 28 heavy (non-hydrogen) atoms. The molecule has 0 amide bonds. The summed E-state index contributed by atoms with van der Waals surface area (Å²) in [5.74, 6) is 2.50. The summed E-state index contributed by atoms with van der Waals surface area (Å²) < 4.78 is 16.5. The Bertz CT molecular complexity index is 729. The molecule has 1 atom stereocenters. The van der Waals surface area contributed by atoms with E-state index in [-0.39, 0.29) is 6.04 Å². The first-order valence-corrected chi connectivity index (χ1v) is 9.40. The SMILES string of the molecule is CN=C(NCc1ccc(C)cc1OCCOC)NCC(c1ccco1)N(C)C. The number of aryl methyl sites for hydroxylation is 1. The number of aliphatic imine (C=N–C) groups is 1. The molecule has 7 nitrogen and oxygen atoms in total. The first-order valence-electron chi connectivity index (χ1n) is 9.40. The van der Waals surface area contributed by atoms with Crippen molar-refractivity contribution >= 4 is 5.96 Å². The second-order valence-corrected chi connectivity index (χ2v) is 6.75. The molecule has 0 aliphatic heterocycles. The van der Waals surface area contributed by atoms with E-state index < -0.39 is 0 Å². The highest BCUT2D eigenvalue weighted by molar-refractivity contribution is 5.79. The van der Waals surface area contributed by atoms with Gasteiger partial charge >= 0.3 is 0 Å². The molecule has 1 unspecified atom stereocenters. The summed E-state index contributed by atoms with van der Waals surface area (Å²) in [6, 6.07) is 10.2. The fraction of sp³-hybridized carbons (Fsp3) is 0.476. The summed E-state index contributed by atoms with van der Waals surface area (Å²) in [6.07, 6.45) is 1.70. The smallest absolute Gasteiger partial charge is 0.191 e. The van der Waals surface area contributed by atoms with Crippen LogP contribution in [0.25, 0.3) is 0 Å². The summed E-state index contributed by atoms with van der Waals surface area (Å²) in [4.78, 5) is 6.43. The second-order valence-electron chi connectivity index (χ2n) is 6.75. The number of nitrogens with zero attached hydrogens (tertiary/aromatic N) is 2. The minimum Gasteiger partial charge on any atom is -0.491 e. The molecule has 2 rings (SSSR count). The number of guanidine groups is 1. The molecule has 0 spiro atoms. The van der Waals surface area contributed by atoms with Gasteiger partial charge in [0.25, 0.3) is 0 Å². The summed E-state index contributed by atoms with van der Waals surface area (Å²) >= 11 is 0. The van der Waals surface area contributed by atoms with Crippen LogP contribution in [0.4, 0.5) is 0 Å². The lowest BCUT2D eigenvalue weighted by molar-refractivity contribution is 0.145. The number of rotatable bonds is 10. The average molecular weight is 389 g/mol. The summed E-state index contributed by atoms with van der Waals surface area (Å²) in [6.45, 7) is 4.41. The van der Waals surface area contributed by atoms with Gasteiger partial charge in [-0.3, -0.25) is 9.89 Å². The quantitative estimate of drug-likeness (QED) is 0.370. The molecular weight excluding hydrogens is 356 g/mol. The molecule has 154 valence electrons. The van der Waals surface area contributed by atoms with Crippen molar-refractivity contribution in [3.63, 3.8) is 0 Å². The number of hydrogen-bond donors (Lipinski definition) is 2. The highest BCUT2D eigenvalue weighted by atomic mass is 16.5. The predicted molar refractivity (Wildman–Crippen MR) is 112 cm³/mol. The molecule has 1 aromatic carbocycles. The summed E-state index contributed by atoms with van der Waals surface area (Å²) in [5.41, 5.74) is 2.23. The molecule has 0 aliphatic carbocycles. The predicted octanol–water partition coefficient (Wildman–Crippen LogP) is 2.58. The zero-order valence-corrected chi connectivity index (χ0v) is 17.5. The van der Waals surface area contributed by atoms with Crippen LogP contribution >= 0.6 is 0 Å². The van der Waals surface area contributed by atoms with Crippen LogP contribution in [-0.2, 0) is 11.3 Å². The topological polar surface area (TPSA) is 71.3 Å². The molecular formula is C21H32N4O3. The zero-order valence-electron chi connectivity index (χ0n) is 17.5. The zero-order chi connectivity index (χ0) is 20.4. The van der Waals surface area contributed by atoms with Gasteiger partial charge in [-0.1, -0.05) is 12.1 Å². The van der Waals surface area contributed by atoms with Gasteiger partial charge in [0.05, 0.1) is 18.9 Å². The standard InChI is InChI=1S/C21H32N4O3/c1-16-8-9-17(20(13-16)28-12-11-26-5)14-23-21(22-2)24-15-18(25(3)4)19-7-6-10-27-19/h6-10,13,18H,11-12,14-15H2,1-5H3,(H2,22,23,24). The van der Waals surface area contributed by atoms with Crippen LogP contribution in [0, 0.1) is 6.92 Å². The lowest BCUT2D eigenvalue weighted by Crippen LogP contribution is -2.41. The lowest BCUT2D eigenvalue weighted by Gasteiger charge is -2.24. The maximum Gasteiger partial charge on any atom is 0.191 e. The molecule has 7 heteroatoms. The van der Waals surface area contributed by atoms with Crippen LogP contribution in [0.3, 0.4) is 0 Å². The Kier molecular flexibility index (Phi) is 8.84. The number of ether oxygens (including phenoxy) is 2. The fourth-order valence-corrected chi connectivity index (χ4v) is 2.79. The largest absolute Gasteiger partial charge is 0.491 e. The van der Waals surface area contributed by atoms with Crippen LogP contribution in [0.2, 0.25) is 0 Å². The second kappa shape index (κ2) is 11.4. The molecule has 2 aromatic rings. The Hall–Kier alpha value is -2.51. The van der Waals surface area contributed by atoms with E-state index in [0.29, 0.717) is 26.3 Å². The number of hydrogen-bond acceptors (Lipinski definition) is 5. The molecule has 0 saturated heterocycles. The van der Waals surface area contributed by atoms with E-state index in [1.165, 1.54) is 0 Å². The Morgan fingerprint density at radius 3 is 2.68 bits per heavy atom. The van der Waals surface area contributed by atoms with Crippen LogP contribution in [0.1, 0.15) is 22.9 Å².